The zero-order chi connectivity index (χ0) is 21.1. The summed E-state index contributed by atoms with van der Waals surface area (Å²) < 4.78 is 33.9. The van der Waals surface area contributed by atoms with Gasteiger partial charge in [0.05, 0.1) is 4.90 Å². The SMILES string of the molecule is Cc1c(Cl)cccc1S(=O)(=O)N1CCC(N2CCC(Oc3ccncc3)CC2)CC1. The van der Waals surface area contributed by atoms with E-state index in [-0.39, 0.29) is 6.10 Å². The summed E-state index contributed by atoms with van der Waals surface area (Å²) in [4.78, 5) is 6.84. The number of pyridine rings is 1. The van der Waals surface area contributed by atoms with E-state index in [1.807, 2.05) is 12.1 Å². The summed E-state index contributed by atoms with van der Waals surface area (Å²) in [6, 6.07) is 9.29. The molecule has 6 nitrogen and oxygen atoms in total. The first-order chi connectivity index (χ1) is 14.4. The molecule has 162 valence electrons. The van der Waals surface area contributed by atoms with Crippen LogP contribution in [0.3, 0.4) is 0 Å². The van der Waals surface area contributed by atoms with Crippen LogP contribution in [0.5, 0.6) is 5.75 Å². The lowest BCUT2D eigenvalue weighted by Gasteiger charge is -2.41. The molecule has 0 spiro atoms. The quantitative estimate of drug-likeness (QED) is 0.695. The number of likely N-dealkylation sites (tertiary alicyclic amines) is 1. The van der Waals surface area contributed by atoms with Gasteiger partial charge in [-0.05, 0) is 62.4 Å². The molecular weight excluding hydrogens is 422 g/mol. The minimum atomic E-state index is -3.51. The Balaban J connectivity index is 1.30. The number of rotatable bonds is 5. The van der Waals surface area contributed by atoms with Crippen molar-refractivity contribution in [1.82, 2.24) is 14.2 Å². The van der Waals surface area contributed by atoms with E-state index < -0.39 is 10.0 Å². The summed E-state index contributed by atoms with van der Waals surface area (Å²) in [7, 11) is -3.51. The van der Waals surface area contributed by atoms with Crippen molar-refractivity contribution >= 4 is 21.6 Å². The number of hydrogen-bond donors (Lipinski definition) is 0. The first-order valence-corrected chi connectivity index (χ1v) is 12.3. The molecule has 1 aromatic carbocycles. The fourth-order valence-electron chi connectivity index (χ4n) is 4.42. The van der Waals surface area contributed by atoms with Gasteiger partial charge in [0, 0.05) is 49.6 Å². The summed E-state index contributed by atoms with van der Waals surface area (Å²) in [5, 5.41) is 0.489. The first kappa shape index (κ1) is 21.6. The Morgan fingerprint density at radius 3 is 2.33 bits per heavy atom. The van der Waals surface area contributed by atoms with Crippen LogP contribution in [-0.2, 0) is 10.0 Å². The minimum Gasteiger partial charge on any atom is -0.490 e. The molecule has 0 unspecified atom stereocenters. The van der Waals surface area contributed by atoms with Crippen LogP contribution >= 0.6 is 11.6 Å². The Morgan fingerprint density at radius 1 is 1.00 bits per heavy atom. The zero-order valence-electron chi connectivity index (χ0n) is 17.2. The monoisotopic (exact) mass is 449 g/mol. The van der Waals surface area contributed by atoms with Gasteiger partial charge in [-0.1, -0.05) is 17.7 Å². The summed E-state index contributed by atoms with van der Waals surface area (Å²) in [5.74, 6) is 0.873. The topological polar surface area (TPSA) is 62.7 Å². The van der Waals surface area contributed by atoms with Gasteiger partial charge in [0.25, 0.3) is 0 Å². The van der Waals surface area contributed by atoms with Crippen LogP contribution in [0.2, 0.25) is 5.02 Å². The molecular formula is C22H28ClN3O3S. The Labute approximate surface area is 183 Å². The molecule has 0 N–H and O–H groups in total. The van der Waals surface area contributed by atoms with Crippen LogP contribution in [0, 0.1) is 6.92 Å². The maximum absolute atomic E-state index is 13.1. The second-order valence-electron chi connectivity index (χ2n) is 8.03. The number of benzene rings is 1. The van der Waals surface area contributed by atoms with Crippen LogP contribution in [0.25, 0.3) is 0 Å². The van der Waals surface area contributed by atoms with Crippen LogP contribution in [-0.4, -0.2) is 60.9 Å². The summed E-state index contributed by atoms with van der Waals surface area (Å²) in [6.07, 6.45) is 7.41. The first-order valence-electron chi connectivity index (χ1n) is 10.5. The Kier molecular flexibility index (Phi) is 6.63. The standard InChI is InChI=1S/C22H28ClN3O3S/c1-17-21(23)3-2-4-22(17)30(27,28)26-15-7-18(8-16-26)25-13-9-20(10-14-25)29-19-5-11-24-12-6-19/h2-6,11-12,18,20H,7-10,13-16H2,1H3. The molecule has 0 amide bonds. The van der Waals surface area contributed by atoms with E-state index in [2.05, 4.69) is 9.88 Å². The van der Waals surface area contributed by atoms with E-state index in [0.29, 0.717) is 34.6 Å². The van der Waals surface area contributed by atoms with E-state index in [1.54, 1.807) is 41.8 Å². The van der Waals surface area contributed by atoms with Crippen LogP contribution < -0.4 is 4.74 Å². The molecule has 30 heavy (non-hydrogen) atoms. The highest BCUT2D eigenvalue weighted by Gasteiger charge is 2.34. The molecule has 0 bridgehead atoms. The van der Waals surface area contributed by atoms with Gasteiger partial charge in [-0.15, -0.1) is 0 Å². The van der Waals surface area contributed by atoms with Gasteiger partial charge < -0.3 is 9.64 Å². The van der Waals surface area contributed by atoms with Gasteiger partial charge in [0.1, 0.15) is 11.9 Å². The molecule has 8 heteroatoms. The molecule has 3 heterocycles. The molecule has 0 atom stereocenters. The highest BCUT2D eigenvalue weighted by Crippen LogP contribution is 2.29. The van der Waals surface area contributed by atoms with Gasteiger partial charge in [-0.25, -0.2) is 8.42 Å². The van der Waals surface area contributed by atoms with Gasteiger partial charge in [0.15, 0.2) is 0 Å². The number of halogens is 1. The van der Waals surface area contributed by atoms with E-state index in [0.717, 1.165) is 44.5 Å². The smallest absolute Gasteiger partial charge is 0.243 e. The summed E-state index contributed by atoms with van der Waals surface area (Å²) >= 11 is 6.14. The molecule has 2 aliphatic rings. The second-order valence-corrected chi connectivity index (χ2v) is 10.3. The van der Waals surface area contributed by atoms with Crippen molar-refractivity contribution in [1.29, 1.82) is 0 Å². The van der Waals surface area contributed by atoms with E-state index in [4.69, 9.17) is 16.3 Å². The predicted octanol–water partition coefficient (Wildman–Crippen LogP) is 3.74. The van der Waals surface area contributed by atoms with Gasteiger partial charge in [-0.2, -0.15) is 4.31 Å². The molecule has 0 saturated carbocycles. The molecule has 1 aromatic heterocycles. The maximum Gasteiger partial charge on any atom is 0.243 e. The molecule has 2 saturated heterocycles. The third-order valence-electron chi connectivity index (χ3n) is 6.20. The lowest BCUT2D eigenvalue weighted by Crippen LogP contribution is -2.50. The third-order valence-corrected chi connectivity index (χ3v) is 8.66. The fraction of sp³-hybridized carbons (Fsp3) is 0.500. The predicted molar refractivity (Wildman–Crippen MR) is 117 cm³/mol. The van der Waals surface area contributed by atoms with E-state index in [9.17, 15) is 8.42 Å². The largest absolute Gasteiger partial charge is 0.490 e. The second kappa shape index (κ2) is 9.22. The molecule has 4 rings (SSSR count). The Morgan fingerprint density at radius 2 is 1.67 bits per heavy atom. The van der Waals surface area contributed by atoms with E-state index in [1.165, 1.54) is 0 Å². The van der Waals surface area contributed by atoms with E-state index >= 15 is 0 Å². The van der Waals surface area contributed by atoms with Crippen LogP contribution in [0.1, 0.15) is 31.2 Å². The number of sulfonamides is 1. The normalized spacial score (nSPS) is 20.3. The highest BCUT2D eigenvalue weighted by atomic mass is 35.5. The number of ether oxygens (including phenoxy) is 1. The Hall–Kier alpha value is -1.67. The molecule has 2 aromatic rings. The minimum absolute atomic E-state index is 0.231. The molecule has 0 radical (unpaired) electrons. The molecule has 2 fully saturated rings. The maximum atomic E-state index is 13.1. The lowest BCUT2D eigenvalue weighted by molar-refractivity contribution is 0.0585. The molecule has 0 aliphatic carbocycles. The van der Waals surface area contributed by atoms with Crippen molar-refractivity contribution in [3.05, 3.63) is 53.3 Å². The van der Waals surface area contributed by atoms with Crippen LogP contribution in [0.4, 0.5) is 0 Å². The zero-order valence-corrected chi connectivity index (χ0v) is 18.8. The average Bonchev–Trinajstić information content (AvgIpc) is 2.77. The average molecular weight is 450 g/mol. The number of piperidine rings is 2. The molecule has 2 aliphatic heterocycles. The third kappa shape index (κ3) is 4.64. The van der Waals surface area contributed by atoms with Gasteiger partial charge >= 0.3 is 0 Å². The van der Waals surface area contributed by atoms with Crippen molar-refractivity contribution in [3.8, 4) is 5.75 Å². The summed E-state index contributed by atoms with van der Waals surface area (Å²) in [6.45, 7) is 4.83. The summed E-state index contributed by atoms with van der Waals surface area (Å²) in [5.41, 5.74) is 0.623. The number of nitrogens with zero attached hydrogens (tertiary/aromatic N) is 3. The van der Waals surface area contributed by atoms with Crippen molar-refractivity contribution in [3.63, 3.8) is 0 Å². The lowest BCUT2D eigenvalue weighted by atomic mass is 10.00. The highest BCUT2D eigenvalue weighted by molar-refractivity contribution is 7.89. The Bertz CT molecular complexity index is 955. The number of hydrogen-bond acceptors (Lipinski definition) is 5. The van der Waals surface area contributed by atoms with Crippen molar-refractivity contribution in [2.75, 3.05) is 26.2 Å². The van der Waals surface area contributed by atoms with Gasteiger partial charge in [0.2, 0.25) is 10.0 Å². The van der Waals surface area contributed by atoms with Crippen LogP contribution in [0.15, 0.2) is 47.6 Å². The van der Waals surface area contributed by atoms with Crippen molar-refractivity contribution in [2.45, 2.75) is 49.6 Å². The van der Waals surface area contributed by atoms with Crippen molar-refractivity contribution < 1.29 is 13.2 Å². The number of aromatic nitrogens is 1. The van der Waals surface area contributed by atoms with Crippen molar-refractivity contribution in [2.24, 2.45) is 0 Å². The fourth-order valence-corrected chi connectivity index (χ4v) is 6.37. The van der Waals surface area contributed by atoms with Gasteiger partial charge in [-0.3, -0.25) is 4.98 Å².